The van der Waals surface area contributed by atoms with Gasteiger partial charge in [-0.15, -0.1) is 0 Å². The summed E-state index contributed by atoms with van der Waals surface area (Å²) in [5.74, 6) is 0. The summed E-state index contributed by atoms with van der Waals surface area (Å²) < 4.78 is -1.07. The molecule has 0 saturated carbocycles. The van der Waals surface area contributed by atoms with Crippen LogP contribution in [0.25, 0.3) is 0 Å². The quantitative estimate of drug-likeness (QED) is 0.620. The van der Waals surface area contributed by atoms with Crippen LogP contribution in [0.2, 0.25) is 0 Å². The molecule has 4 heteroatoms. The second-order valence-corrected chi connectivity index (χ2v) is 3.48. The van der Waals surface area contributed by atoms with Crippen molar-refractivity contribution in [1.29, 1.82) is 0 Å². The average molecular weight is 173 g/mol. The van der Waals surface area contributed by atoms with Crippen LogP contribution in [0.5, 0.6) is 0 Å². The maximum atomic E-state index is 8.48. The Morgan fingerprint density at radius 2 is 1.78 bits per heavy atom. The summed E-state index contributed by atoms with van der Waals surface area (Å²) in [4.78, 5) is 0. The van der Waals surface area contributed by atoms with Gasteiger partial charge in [-0.1, -0.05) is 23.2 Å². The Hall–Kier alpha value is 0.500. The van der Waals surface area contributed by atoms with Crippen molar-refractivity contribution in [3.63, 3.8) is 0 Å². The molecule has 0 saturated heterocycles. The van der Waals surface area contributed by atoms with Gasteiger partial charge in [0.1, 0.15) is 4.33 Å². The van der Waals surface area contributed by atoms with E-state index in [9.17, 15) is 0 Å². The highest BCUT2D eigenvalue weighted by Crippen LogP contribution is 2.25. The molecule has 0 aliphatic carbocycles. The van der Waals surface area contributed by atoms with Crippen molar-refractivity contribution in [3.05, 3.63) is 0 Å². The monoisotopic (exact) mass is 172 g/mol. The van der Waals surface area contributed by atoms with E-state index in [0.29, 0.717) is 12.8 Å². The number of hydrogen-bond acceptors (Lipinski definition) is 2. The van der Waals surface area contributed by atoms with Crippen molar-refractivity contribution in [3.8, 4) is 0 Å². The van der Waals surface area contributed by atoms with Crippen LogP contribution in [0.4, 0.5) is 0 Å². The fourth-order valence-corrected chi connectivity index (χ4v) is 0.684. The molecule has 0 aliphatic heterocycles. The van der Waals surface area contributed by atoms with Crippen molar-refractivity contribution in [2.75, 3.05) is 13.2 Å². The number of hydrogen-bond donors (Lipinski definition) is 2. The minimum atomic E-state index is -1.07. The predicted molar refractivity (Wildman–Crippen MR) is 37.8 cm³/mol. The lowest BCUT2D eigenvalue weighted by Crippen LogP contribution is -2.18. The fourth-order valence-electron chi connectivity index (χ4n) is 0.417. The van der Waals surface area contributed by atoms with Gasteiger partial charge in [0.15, 0.2) is 0 Å². The Kier molecular flexibility index (Phi) is 4.58. The van der Waals surface area contributed by atoms with Crippen molar-refractivity contribution in [2.45, 2.75) is 17.2 Å². The molecular formula is C5H10Cl2O2. The zero-order valence-corrected chi connectivity index (χ0v) is 6.49. The third kappa shape index (κ3) is 4.97. The second-order valence-electron chi connectivity index (χ2n) is 1.84. The molecule has 0 bridgehead atoms. The molecule has 0 unspecified atom stereocenters. The zero-order chi connectivity index (χ0) is 7.33. The molecule has 0 aromatic rings. The van der Waals surface area contributed by atoms with Crippen molar-refractivity contribution in [1.82, 2.24) is 0 Å². The molecule has 0 aromatic carbocycles. The topological polar surface area (TPSA) is 40.5 Å². The van der Waals surface area contributed by atoms with Crippen LogP contribution in [0.15, 0.2) is 0 Å². The molecule has 0 amide bonds. The van der Waals surface area contributed by atoms with Gasteiger partial charge in [0, 0.05) is 6.61 Å². The van der Waals surface area contributed by atoms with Gasteiger partial charge in [0.05, 0.1) is 6.61 Å². The molecule has 2 N–H and O–H groups in total. The molecule has 0 radical (unpaired) electrons. The summed E-state index contributed by atoms with van der Waals surface area (Å²) in [5, 5.41) is 16.8. The third-order valence-corrected chi connectivity index (χ3v) is 1.55. The summed E-state index contributed by atoms with van der Waals surface area (Å²) in [6.45, 7) is -0.211. The van der Waals surface area contributed by atoms with E-state index in [0.717, 1.165) is 0 Å². The largest absolute Gasteiger partial charge is 0.396 e. The minimum absolute atomic E-state index is 0.0567. The highest BCUT2D eigenvalue weighted by atomic mass is 35.5. The molecule has 2 nitrogen and oxygen atoms in total. The van der Waals surface area contributed by atoms with Crippen LogP contribution >= 0.6 is 23.2 Å². The van der Waals surface area contributed by atoms with Crippen LogP contribution in [0.1, 0.15) is 12.8 Å². The Balaban J connectivity index is 3.33. The Morgan fingerprint density at radius 1 is 1.22 bits per heavy atom. The first-order valence-corrected chi connectivity index (χ1v) is 3.47. The highest BCUT2D eigenvalue weighted by Gasteiger charge is 2.21. The molecule has 0 atom stereocenters. The van der Waals surface area contributed by atoms with Gasteiger partial charge in [0.2, 0.25) is 0 Å². The third-order valence-electron chi connectivity index (χ3n) is 0.932. The standard InChI is InChI=1S/C5H10Cl2O2/c6-5(7,4-9)2-1-3-8/h8-9H,1-4H2. The summed E-state index contributed by atoms with van der Waals surface area (Å²) in [6, 6.07) is 0. The number of aliphatic hydroxyl groups excluding tert-OH is 2. The lowest BCUT2D eigenvalue weighted by atomic mass is 10.2. The number of aliphatic hydroxyl groups is 2. The first kappa shape index (κ1) is 9.50. The Morgan fingerprint density at radius 3 is 2.11 bits per heavy atom. The van der Waals surface area contributed by atoms with Crippen LogP contribution in [0, 0.1) is 0 Å². The van der Waals surface area contributed by atoms with Gasteiger partial charge in [0.25, 0.3) is 0 Å². The number of rotatable bonds is 4. The zero-order valence-electron chi connectivity index (χ0n) is 4.98. The smallest absolute Gasteiger partial charge is 0.141 e. The van der Waals surface area contributed by atoms with E-state index >= 15 is 0 Å². The second kappa shape index (κ2) is 4.34. The lowest BCUT2D eigenvalue weighted by Gasteiger charge is -2.14. The number of halogens is 2. The van der Waals surface area contributed by atoms with Gasteiger partial charge >= 0.3 is 0 Å². The van der Waals surface area contributed by atoms with E-state index in [1.165, 1.54) is 0 Å². The Bertz CT molecular complexity index is 75.4. The predicted octanol–water partition coefficient (Wildman–Crippen LogP) is 0.925. The van der Waals surface area contributed by atoms with Gasteiger partial charge in [-0.3, -0.25) is 0 Å². The molecule has 0 aliphatic rings. The molecule has 56 valence electrons. The summed E-state index contributed by atoms with van der Waals surface area (Å²) >= 11 is 11.0. The molecular weight excluding hydrogens is 163 g/mol. The van der Waals surface area contributed by atoms with Gasteiger partial charge in [-0.2, -0.15) is 0 Å². The lowest BCUT2D eigenvalue weighted by molar-refractivity contribution is 0.248. The van der Waals surface area contributed by atoms with Crippen molar-refractivity contribution >= 4 is 23.2 Å². The first-order chi connectivity index (χ1) is 4.12. The molecule has 0 fully saturated rings. The highest BCUT2D eigenvalue weighted by molar-refractivity contribution is 6.48. The first-order valence-electron chi connectivity index (χ1n) is 2.72. The van der Waals surface area contributed by atoms with E-state index in [-0.39, 0.29) is 13.2 Å². The van der Waals surface area contributed by atoms with Gasteiger partial charge < -0.3 is 10.2 Å². The normalized spacial score (nSPS) is 12.0. The number of alkyl halides is 2. The summed E-state index contributed by atoms with van der Waals surface area (Å²) in [7, 11) is 0. The maximum Gasteiger partial charge on any atom is 0.141 e. The van der Waals surface area contributed by atoms with Crippen LogP contribution in [-0.2, 0) is 0 Å². The van der Waals surface area contributed by atoms with E-state index in [4.69, 9.17) is 33.4 Å². The molecule has 0 heterocycles. The van der Waals surface area contributed by atoms with E-state index < -0.39 is 4.33 Å². The molecule has 0 aromatic heterocycles. The van der Waals surface area contributed by atoms with E-state index in [2.05, 4.69) is 0 Å². The maximum absolute atomic E-state index is 8.48. The van der Waals surface area contributed by atoms with Crippen molar-refractivity contribution < 1.29 is 10.2 Å². The molecule has 0 rings (SSSR count). The van der Waals surface area contributed by atoms with E-state index in [1.807, 2.05) is 0 Å². The fraction of sp³-hybridized carbons (Fsp3) is 1.00. The van der Waals surface area contributed by atoms with Gasteiger partial charge in [-0.25, -0.2) is 0 Å². The van der Waals surface area contributed by atoms with E-state index in [1.54, 1.807) is 0 Å². The SMILES string of the molecule is OCCCC(Cl)(Cl)CO. The minimum Gasteiger partial charge on any atom is -0.396 e. The van der Waals surface area contributed by atoms with Crippen LogP contribution in [0.3, 0.4) is 0 Å². The van der Waals surface area contributed by atoms with Gasteiger partial charge in [-0.05, 0) is 12.8 Å². The Labute approximate surface area is 64.4 Å². The molecule has 9 heavy (non-hydrogen) atoms. The van der Waals surface area contributed by atoms with Crippen LogP contribution in [-0.4, -0.2) is 27.8 Å². The van der Waals surface area contributed by atoms with Crippen molar-refractivity contribution in [2.24, 2.45) is 0 Å². The van der Waals surface area contributed by atoms with Crippen LogP contribution < -0.4 is 0 Å². The average Bonchev–Trinajstić information content (AvgIpc) is 1.84. The summed E-state index contributed by atoms with van der Waals surface area (Å²) in [6.07, 6.45) is 0.941. The summed E-state index contributed by atoms with van der Waals surface area (Å²) in [5.41, 5.74) is 0. The molecule has 0 spiro atoms.